The second-order valence-corrected chi connectivity index (χ2v) is 5.11. The van der Waals surface area contributed by atoms with Gasteiger partial charge in [-0.1, -0.05) is 12.2 Å². The van der Waals surface area contributed by atoms with E-state index in [9.17, 15) is 4.79 Å². The van der Waals surface area contributed by atoms with Crippen LogP contribution in [0, 0.1) is 6.92 Å². The first-order chi connectivity index (χ1) is 8.99. The molecular formula is C12H17N5OS. The molecule has 2 heterocycles. The highest BCUT2D eigenvalue weighted by Gasteiger charge is 2.29. The molecule has 1 aliphatic rings. The summed E-state index contributed by atoms with van der Waals surface area (Å²) in [7, 11) is 0. The molecule has 1 aromatic rings. The summed E-state index contributed by atoms with van der Waals surface area (Å²) in [6.07, 6.45) is 2.70. The third kappa shape index (κ3) is 2.98. The van der Waals surface area contributed by atoms with Gasteiger partial charge in [0.15, 0.2) is 0 Å². The van der Waals surface area contributed by atoms with Crippen molar-refractivity contribution < 1.29 is 4.79 Å². The van der Waals surface area contributed by atoms with Crippen LogP contribution in [0.4, 0.5) is 5.95 Å². The zero-order chi connectivity index (χ0) is 14.0. The molecule has 4 N–H and O–H groups in total. The first-order valence-corrected chi connectivity index (χ1v) is 6.61. The van der Waals surface area contributed by atoms with Crippen LogP contribution in [0.1, 0.15) is 30.7 Å². The third-order valence-electron chi connectivity index (χ3n) is 3.18. The van der Waals surface area contributed by atoms with Gasteiger partial charge in [-0.05, 0) is 32.3 Å². The Morgan fingerprint density at radius 2 is 2.16 bits per heavy atom. The van der Waals surface area contributed by atoms with E-state index in [-0.39, 0.29) is 16.9 Å². The molecule has 102 valence electrons. The van der Waals surface area contributed by atoms with Gasteiger partial charge in [-0.2, -0.15) is 0 Å². The summed E-state index contributed by atoms with van der Waals surface area (Å²) in [5.41, 5.74) is 12.3. The van der Waals surface area contributed by atoms with E-state index in [0.717, 1.165) is 25.0 Å². The van der Waals surface area contributed by atoms with E-state index in [4.69, 9.17) is 23.7 Å². The zero-order valence-corrected chi connectivity index (χ0v) is 11.6. The third-order valence-corrected chi connectivity index (χ3v) is 3.39. The Labute approximate surface area is 117 Å². The summed E-state index contributed by atoms with van der Waals surface area (Å²) in [6.45, 7) is 2.56. The fraction of sp³-hybridized carbons (Fsp3) is 0.500. The Balaban J connectivity index is 2.38. The van der Waals surface area contributed by atoms with E-state index in [1.165, 1.54) is 0 Å². The van der Waals surface area contributed by atoms with Crippen molar-refractivity contribution in [3.8, 4) is 0 Å². The van der Waals surface area contributed by atoms with E-state index in [1.54, 1.807) is 6.07 Å². The van der Waals surface area contributed by atoms with Crippen molar-refractivity contribution >= 4 is 29.1 Å². The van der Waals surface area contributed by atoms with Crippen molar-refractivity contribution in [3.63, 3.8) is 0 Å². The van der Waals surface area contributed by atoms with Gasteiger partial charge in [0.25, 0.3) is 0 Å². The quantitative estimate of drug-likeness (QED) is 0.770. The molecule has 0 bridgehead atoms. The maximum atomic E-state index is 11.5. The number of aryl methyl sites for hydroxylation is 1. The van der Waals surface area contributed by atoms with Crippen LogP contribution in [0.2, 0.25) is 0 Å². The number of aromatic nitrogens is 2. The summed E-state index contributed by atoms with van der Waals surface area (Å²) in [5.74, 6) is 0.132. The number of primary amides is 1. The molecular weight excluding hydrogens is 262 g/mol. The van der Waals surface area contributed by atoms with Crippen molar-refractivity contribution in [2.75, 3.05) is 11.4 Å². The molecule has 1 aromatic heterocycles. The van der Waals surface area contributed by atoms with Crippen molar-refractivity contribution in [1.29, 1.82) is 0 Å². The molecule has 7 heteroatoms. The minimum absolute atomic E-state index is 0.222. The van der Waals surface area contributed by atoms with Crippen molar-refractivity contribution in [1.82, 2.24) is 9.97 Å². The molecule has 1 atom stereocenters. The summed E-state index contributed by atoms with van der Waals surface area (Å²) in [6, 6.07) is 1.38. The number of hydrogen-bond acceptors (Lipinski definition) is 5. The average Bonchev–Trinajstić information content (AvgIpc) is 2.37. The van der Waals surface area contributed by atoms with E-state index >= 15 is 0 Å². The number of amides is 1. The number of nitrogens with zero attached hydrogens (tertiary/aromatic N) is 3. The van der Waals surface area contributed by atoms with Gasteiger partial charge in [0.05, 0.1) is 0 Å². The molecule has 1 aliphatic heterocycles. The van der Waals surface area contributed by atoms with Crippen LogP contribution in [0.15, 0.2) is 6.07 Å². The lowest BCUT2D eigenvalue weighted by Crippen LogP contribution is -2.48. The van der Waals surface area contributed by atoms with E-state index < -0.39 is 0 Å². The molecule has 0 radical (unpaired) electrons. The fourth-order valence-corrected chi connectivity index (χ4v) is 2.38. The molecule has 0 saturated carbocycles. The standard InChI is InChI=1S/C12H17N5OS/c1-7-6-8(11(14)19)16-12(15-7)17-5-3-2-4-9(17)10(13)18/h6,9H,2-5H2,1H3,(H2,13,18)(H2,14,19). The van der Waals surface area contributed by atoms with Gasteiger partial charge in [-0.3, -0.25) is 4.79 Å². The van der Waals surface area contributed by atoms with Gasteiger partial charge in [0.2, 0.25) is 11.9 Å². The van der Waals surface area contributed by atoms with Crippen molar-refractivity contribution in [3.05, 3.63) is 17.5 Å². The Hall–Kier alpha value is -1.76. The molecule has 19 heavy (non-hydrogen) atoms. The molecule has 0 spiro atoms. The second-order valence-electron chi connectivity index (χ2n) is 4.67. The normalized spacial score (nSPS) is 19.2. The average molecular weight is 279 g/mol. The first-order valence-electron chi connectivity index (χ1n) is 6.20. The summed E-state index contributed by atoms with van der Waals surface area (Å²) < 4.78 is 0. The molecule has 2 rings (SSSR count). The van der Waals surface area contributed by atoms with Crippen LogP contribution >= 0.6 is 12.2 Å². The van der Waals surface area contributed by atoms with Gasteiger partial charge in [-0.15, -0.1) is 0 Å². The van der Waals surface area contributed by atoms with Gasteiger partial charge in [0, 0.05) is 12.2 Å². The van der Waals surface area contributed by atoms with Gasteiger partial charge in [0.1, 0.15) is 16.7 Å². The molecule has 0 aromatic carbocycles. The monoisotopic (exact) mass is 279 g/mol. The highest BCUT2D eigenvalue weighted by atomic mass is 32.1. The maximum Gasteiger partial charge on any atom is 0.240 e. The molecule has 1 fully saturated rings. The number of piperidine rings is 1. The number of carbonyl (C=O) groups is 1. The topological polar surface area (TPSA) is 98.1 Å². The molecule has 0 aliphatic carbocycles. The Bertz CT molecular complexity index is 519. The largest absolute Gasteiger partial charge is 0.388 e. The summed E-state index contributed by atoms with van der Waals surface area (Å²) >= 11 is 4.94. The van der Waals surface area contributed by atoms with Gasteiger partial charge in [-0.25, -0.2) is 9.97 Å². The summed E-state index contributed by atoms with van der Waals surface area (Å²) in [5, 5.41) is 0. The molecule has 1 saturated heterocycles. The summed E-state index contributed by atoms with van der Waals surface area (Å²) in [4.78, 5) is 22.3. The predicted molar refractivity (Wildman–Crippen MR) is 76.8 cm³/mol. The number of hydrogen-bond donors (Lipinski definition) is 2. The molecule has 1 amide bonds. The van der Waals surface area contributed by atoms with Crippen LogP contribution in [-0.4, -0.2) is 33.5 Å². The van der Waals surface area contributed by atoms with Gasteiger partial charge < -0.3 is 16.4 Å². The van der Waals surface area contributed by atoms with Crippen LogP contribution in [0.3, 0.4) is 0 Å². The van der Waals surface area contributed by atoms with Crippen molar-refractivity contribution in [2.45, 2.75) is 32.2 Å². The van der Waals surface area contributed by atoms with Crippen LogP contribution < -0.4 is 16.4 Å². The fourth-order valence-electron chi connectivity index (χ4n) is 2.27. The number of nitrogens with two attached hydrogens (primary N) is 2. The Kier molecular flexibility index (Phi) is 3.94. The number of thiocarbonyl (C=S) groups is 1. The maximum absolute atomic E-state index is 11.5. The number of rotatable bonds is 3. The lowest BCUT2D eigenvalue weighted by molar-refractivity contribution is -0.119. The van der Waals surface area contributed by atoms with Gasteiger partial charge >= 0.3 is 0 Å². The molecule has 1 unspecified atom stereocenters. The smallest absolute Gasteiger partial charge is 0.240 e. The van der Waals surface area contributed by atoms with Crippen LogP contribution in [0.5, 0.6) is 0 Å². The predicted octanol–water partition coefficient (Wildman–Crippen LogP) is 0.263. The van der Waals surface area contributed by atoms with E-state index in [0.29, 0.717) is 18.2 Å². The first kappa shape index (κ1) is 13.7. The van der Waals surface area contributed by atoms with E-state index in [2.05, 4.69) is 9.97 Å². The Morgan fingerprint density at radius 1 is 1.42 bits per heavy atom. The SMILES string of the molecule is Cc1cc(C(N)=S)nc(N2CCCCC2C(N)=O)n1. The molecule has 6 nitrogen and oxygen atoms in total. The lowest BCUT2D eigenvalue weighted by atomic mass is 10.0. The highest BCUT2D eigenvalue weighted by Crippen LogP contribution is 2.22. The minimum atomic E-state index is -0.352. The lowest BCUT2D eigenvalue weighted by Gasteiger charge is -2.33. The minimum Gasteiger partial charge on any atom is -0.388 e. The van der Waals surface area contributed by atoms with Crippen LogP contribution in [-0.2, 0) is 4.79 Å². The van der Waals surface area contributed by atoms with Crippen LogP contribution in [0.25, 0.3) is 0 Å². The second kappa shape index (κ2) is 5.48. The van der Waals surface area contributed by atoms with Crippen molar-refractivity contribution in [2.24, 2.45) is 11.5 Å². The highest BCUT2D eigenvalue weighted by molar-refractivity contribution is 7.80. The Morgan fingerprint density at radius 3 is 2.79 bits per heavy atom. The zero-order valence-electron chi connectivity index (χ0n) is 10.8. The van der Waals surface area contributed by atoms with E-state index in [1.807, 2.05) is 11.8 Å². The number of carbonyl (C=O) groups excluding carboxylic acids is 1. The number of anilines is 1.